The third kappa shape index (κ3) is 1.08. The summed E-state index contributed by atoms with van der Waals surface area (Å²) < 4.78 is 0. The number of rotatable bonds is 0. The molecule has 0 spiro atoms. The van der Waals surface area contributed by atoms with Crippen LogP contribution in [0.2, 0.25) is 0 Å². The van der Waals surface area contributed by atoms with Crippen LogP contribution in [0, 0.1) is 0 Å². The van der Waals surface area contributed by atoms with Crippen LogP contribution in [-0.2, 0) is 0 Å². The van der Waals surface area contributed by atoms with Gasteiger partial charge in [0.15, 0.2) is 0 Å². The first kappa shape index (κ1) is 5.41. The summed E-state index contributed by atoms with van der Waals surface area (Å²) in [5.41, 5.74) is 3.17. The van der Waals surface area contributed by atoms with Crippen molar-refractivity contribution in [3.8, 4) is 0 Å². The molecule has 0 aromatic carbocycles. The van der Waals surface area contributed by atoms with E-state index >= 15 is 0 Å². The summed E-state index contributed by atoms with van der Waals surface area (Å²) in [6.45, 7) is 2.19. The van der Waals surface area contributed by atoms with Gasteiger partial charge in [-0.15, -0.1) is 11.8 Å². The highest BCUT2D eigenvalue weighted by atomic mass is 32.2. The second kappa shape index (κ2) is 2.03. The predicted octanol–water partition coefficient (Wildman–Crippen LogP) is 0.473. The predicted molar refractivity (Wildman–Crippen MR) is 32.8 cm³/mol. The van der Waals surface area contributed by atoms with Crippen molar-refractivity contribution in [1.82, 2.24) is 10.4 Å². The van der Waals surface area contributed by atoms with Crippen LogP contribution in [0.25, 0.3) is 0 Å². The fourth-order valence-corrected chi connectivity index (χ4v) is 1.32. The molecule has 1 aliphatic heterocycles. The fourth-order valence-electron chi connectivity index (χ4n) is 0.500. The molecule has 1 unspecified atom stereocenters. The summed E-state index contributed by atoms with van der Waals surface area (Å²) >= 11 is 1.92. The van der Waals surface area contributed by atoms with Gasteiger partial charge in [0.05, 0.1) is 11.3 Å². The van der Waals surface area contributed by atoms with Gasteiger partial charge in [-0.05, 0) is 6.92 Å². The number of hydrogen-bond acceptors (Lipinski definition) is 3. The lowest BCUT2D eigenvalue weighted by Crippen LogP contribution is -2.30. The van der Waals surface area contributed by atoms with Crippen molar-refractivity contribution in [3.05, 3.63) is 0 Å². The van der Waals surface area contributed by atoms with Crippen molar-refractivity contribution >= 4 is 11.8 Å². The Morgan fingerprint density at radius 2 is 2.57 bits per heavy atom. The molecule has 1 N–H and O–H groups in total. The number of hydrogen-bond donors (Lipinski definition) is 1. The third-order valence-electron chi connectivity index (χ3n) is 1.18. The van der Waals surface area contributed by atoms with Crippen LogP contribution in [0.5, 0.6) is 0 Å². The lowest BCUT2D eigenvalue weighted by molar-refractivity contribution is 0.268. The average molecular weight is 118 g/mol. The van der Waals surface area contributed by atoms with E-state index in [1.165, 1.54) is 0 Å². The van der Waals surface area contributed by atoms with Crippen molar-refractivity contribution in [2.24, 2.45) is 0 Å². The molecule has 0 aliphatic carbocycles. The molecule has 7 heavy (non-hydrogen) atoms. The van der Waals surface area contributed by atoms with Gasteiger partial charge < -0.3 is 0 Å². The monoisotopic (exact) mass is 118 g/mol. The van der Waals surface area contributed by atoms with Gasteiger partial charge in [0.1, 0.15) is 0 Å². The van der Waals surface area contributed by atoms with Crippen LogP contribution in [0.1, 0.15) is 6.92 Å². The maximum absolute atomic E-state index is 3.17. The molecule has 0 radical (unpaired) electrons. The largest absolute Gasteiger partial charge is 0.244 e. The van der Waals surface area contributed by atoms with E-state index in [1.54, 1.807) is 0 Å². The Kier molecular flexibility index (Phi) is 1.57. The molecule has 1 aliphatic rings. The molecule has 0 aromatic heterocycles. The quantitative estimate of drug-likeness (QED) is 0.498. The summed E-state index contributed by atoms with van der Waals surface area (Å²) in [5, 5.41) is 2.77. The van der Waals surface area contributed by atoms with Crippen LogP contribution >= 0.6 is 11.8 Å². The van der Waals surface area contributed by atoms with Crippen LogP contribution < -0.4 is 5.43 Å². The van der Waals surface area contributed by atoms with E-state index in [0.29, 0.717) is 5.37 Å². The molecule has 1 atom stereocenters. The highest BCUT2D eigenvalue weighted by Gasteiger charge is 2.14. The van der Waals surface area contributed by atoms with Gasteiger partial charge in [-0.2, -0.15) is 0 Å². The van der Waals surface area contributed by atoms with Gasteiger partial charge in [0, 0.05) is 7.05 Å². The minimum absolute atomic E-state index is 0.653. The zero-order valence-electron chi connectivity index (χ0n) is 4.64. The first-order valence-corrected chi connectivity index (χ1v) is 3.43. The van der Waals surface area contributed by atoms with Crippen LogP contribution in [0.4, 0.5) is 0 Å². The van der Waals surface area contributed by atoms with E-state index in [0.717, 1.165) is 5.88 Å². The summed E-state index contributed by atoms with van der Waals surface area (Å²) in [6.07, 6.45) is 0. The summed E-state index contributed by atoms with van der Waals surface area (Å²) in [7, 11) is 2.06. The standard InChI is InChI=1S/C4H10N2S/c1-4-6(2)5-3-7-4/h4-5H,3H2,1-2H3. The van der Waals surface area contributed by atoms with E-state index in [2.05, 4.69) is 24.4 Å². The molecule has 1 heterocycles. The molecule has 42 valence electrons. The first-order chi connectivity index (χ1) is 3.30. The first-order valence-electron chi connectivity index (χ1n) is 2.38. The van der Waals surface area contributed by atoms with Crippen LogP contribution in [0.3, 0.4) is 0 Å². The Bertz CT molecular complexity index is 58.7. The summed E-state index contributed by atoms with van der Waals surface area (Å²) in [4.78, 5) is 0. The topological polar surface area (TPSA) is 15.3 Å². The molecule has 0 saturated carbocycles. The van der Waals surface area contributed by atoms with E-state index in [4.69, 9.17) is 0 Å². The Hall–Kier alpha value is 0.270. The van der Waals surface area contributed by atoms with E-state index < -0.39 is 0 Å². The van der Waals surface area contributed by atoms with E-state index in [1.807, 2.05) is 11.8 Å². The summed E-state index contributed by atoms with van der Waals surface area (Å²) in [5.74, 6) is 1.07. The minimum Gasteiger partial charge on any atom is -0.244 e. The Morgan fingerprint density at radius 3 is 2.71 bits per heavy atom. The SMILES string of the molecule is CC1SCNN1C. The smallest absolute Gasteiger partial charge is 0.0678 e. The van der Waals surface area contributed by atoms with Gasteiger partial charge in [-0.3, -0.25) is 0 Å². The van der Waals surface area contributed by atoms with Crippen molar-refractivity contribution in [3.63, 3.8) is 0 Å². The molecule has 0 amide bonds. The van der Waals surface area contributed by atoms with Crippen molar-refractivity contribution in [2.45, 2.75) is 12.3 Å². The average Bonchev–Trinajstić information content (AvgIpc) is 1.91. The van der Waals surface area contributed by atoms with Crippen molar-refractivity contribution in [2.75, 3.05) is 12.9 Å². The highest BCUT2D eigenvalue weighted by molar-refractivity contribution is 7.99. The normalized spacial score (nSPS) is 34.3. The maximum Gasteiger partial charge on any atom is 0.0678 e. The van der Waals surface area contributed by atoms with E-state index in [-0.39, 0.29) is 0 Å². The van der Waals surface area contributed by atoms with Gasteiger partial charge in [0.2, 0.25) is 0 Å². The fraction of sp³-hybridized carbons (Fsp3) is 1.00. The Balaban J connectivity index is 2.33. The molecule has 1 fully saturated rings. The lowest BCUT2D eigenvalue weighted by atomic mass is 10.7. The second-order valence-electron chi connectivity index (χ2n) is 1.68. The lowest BCUT2D eigenvalue weighted by Gasteiger charge is -2.10. The molecule has 1 rings (SSSR count). The second-order valence-corrected chi connectivity index (χ2v) is 2.98. The molecule has 0 aromatic rings. The molecule has 3 heteroatoms. The third-order valence-corrected chi connectivity index (χ3v) is 2.28. The molecule has 2 nitrogen and oxygen atoms in total. The van der Waals surface area contributed by atoms with Crippen molar-refractivity contribution in [1.29, 1.82) is 0 Å². The molecule has 0 bridgehead atoms. The van der Waals surface area contributed by atoms with E-state index in [9.17, 15) is 0 Å². The van der Waals surface area contributed by atoms with Gasteiger partial charge in [-0.1, -0.05) is 0 Å². The van der Waals surface area contributed by atoms with Crippen molar-refractivity contribution < 1.29 is 0 Å². The molecule has 1 saturated heterocycles. The zero-order valence-corrected chi connectivity index (χ0v) is 5.46. The van der Waals surface area contributed by atoms with Gasteiger partial charge >= 0.3 is 0 Å². The highest BCUT2D eigenvalue weighted by Crippen LogP contribution is 2.15. The van der Waals surface area contributed by atoms with Gasteiger partial charge in [-0.25, -0.2) is 10.4 Å². The van der Waals surface area contributed by atoms with Crippen LogP contribution in [-0.4, -0.2) is 23.3 Å². The zero-order chi connectivity index (χ0) is 5.28. The number of nitrogens with zero attached hydrogens (tertiary/aromatic N) is 1. The number of hydrazine groups is 1. The molecular formula is C4H10N2S. The number of nitrogens with one attached hydrogen (secondary N) is 1. The minimum atomic E-state index is 0.653. The maximum atomic E-state index is 3.17. The van der Waals surface area contributed by atoms with Gasteiger partial charge in [0.25, 0.3) is 0 Å². The Labute approximate surface area is 48.2 Å². The summed E-state index contributed by atoms with van der Waals surface area (Å²) in [6, 6.07) is 0. The van der Waals surface area contributed by atoms with Crippen LogP contribution in [0.15, 0.2) is 0 Å². The molecular weight excluding hydrogens is 108 g/mol. The number of thioether (sulfide) groups is 1. The Morgan fingerprint density at radius 1 is 1.86 bits per heavy atom.